The van der Waals surface area contributed by atoms with E-state index in [2.05, 4.69) is 23.8 Å². The first-order valence-electron chi connectivity index (χ1n) is 8.84. The average molecular weight is 408 g/mol. The van der Waals surface area contributed by atoms with E-state index in [0.717, 1.165) is 12.1 Å². The van der Waals surface area contributed by atoms with E-state index in [9.17, 15) is 29.4 Å². The number of amides is 2. The van der Waals surface area contributed by atoms with Crippen LogP contribution in [-0.2, 0) is 0 Å². The number of rotatable bonds is 9. The van der Waals surface area contributed by atoms with Gasteiger partial charge in [0.05, 0.1) is 22.3 Å². The van der Waals surface area contributed by atoms with E-state index >= 15 is 0 Å². The molecule has 0 aromatic heterocycles. The van der Waals surface area contributed by atoms with Crippen LogP contribution < -0.4 is 10.6 Å². The highest BCUT2D eigenvalue weighted by molar-refractivity contribution is 6.12. The molecule has 8 heteroatoms. The molecule has 0 atom stereocenters. The van der Waals surface area contributed by atoms with Gasteiger partial charge in [-0.15, -0.1) is 13.2 Å². The zero-order chi connectivity index (χ0) is 22.3. The molecule has 0 aliphatic heterocycles. The summed E-state index contributed by atoms with van der Waals surface area (Å²) in [5.74, 6) is -3.89. The molecule has 0 aliphatic carbocycles. The minimum atomic E-state index is -1.42. The van der Waals surface area contributed by atoms with Crippen molar-refractivity contribution in [2.45, 2.75) is 0 Å². The van der Waals surface area contributed by atoms with Crippen LogP contribution in [0.15, 0.2) is 61.7 Å². The fraction of sp³-hybridized carbons (Fsp3) is 0.0909. The Morgan fingerprint density at radius 3 is 1.97 bits per heavy atom. The number of carboxylic acid groups (broad SMARTS) is 2. The molecule has 0 bridgehead atoms. The molecule has 8 nitrogen and oxygen atoms in total. The number of hydrogen-bond acceptors (Lipinski definition) is 4. The van der Waals surface area contributed by atoms with E-state index in [-0.39, 0.29) is 40.9 Å². The number of nitrogens with one attached hydrogen (secondary N) is 2. The quantitative estimate of drug-likeness (QED) is 0.472. The maximum Gasteiger partial charge on any atom is 0.336 e. The van der Waals surface area contributed by atoms with E-state index in [4.69, 9.17) is 0 Å². The first-order chi connectivity index (χ1) is 14.3. The van der Waals surface area contributed by atoms with Crippen molar-refractivity contribution in [2.75, 3.05) is 13.1 Å². The number of carbonyl (C=O) groups is 4. The Hall–Kier alpha value is -4.20. The van der Waals surface area contributed by atoms with Gasteiger partial charge in [0.1, 0.15) is 0 Å². The Balaban J connectivity index is 2.71. The summed E-state index contributed by atoms with van der Waals surface area (Å²) < 4.78 is 0. The van der Waals surface area contributed by atoms with Gasteiger partial charge in [0, 0.05) is 13.1 Å². The summed E-state index contributed by atoms with van der Waals surface area (Å²) in [7, 11) is 0. The van der Waals surface area contributed by atoms with Gasteiger partial charge in [-0.1, -0.05) is 30.4 Å². The topological polar surface area (TPSA) is 133 Å². The molecule has 0 heterocycles. The normalized spacial score (nSPS) is 10.0. The summed E-state index contributed by atoms with van der Waals surface area (Å²) >= 11 is 0. The van der Waals surface area contributed by atoms with Gasteiger partial charge in [0.25, 0.3) is 11.8 Å². The second-order valence-corrected chi connectivity index (χ2v) is 6.10. The van der Waals surface area contributed by atoms with Crippen LogP contribution in [0.1, 0.15) is 41.4 Å². The Morgan fingerprint density at radius 1 is 0.800 bits per heavy atom. The van der Waals surface area contributed by atoms with E-state index in [1.165, 1.54) is 24.3 Å². The van der Waals surface area contributed by atoms with Gasteiger partial charge in [0.2, 0.25) is 0 Å². The second kappa shape index (κ2) is 9.83. The van der Waals surface area contributed by atoms with Crippen LogP contribution in [0.25, 0.3) is 11.1 Å². The Morgan fingerprint density at radius 2 is 1.40 bits per heavy atom. The predicted molar refractivity (Wildman–Crippen MR) is 111 cm³/mol. The lowest BCUT2D eigenvalue weighted by molar-refractivity contribution is 0.0651. The third-order valence-electron chi connectivity index (χ3n) is 4.14. The van der Waals surface area contributed by atoms with Crippen LogP contribution in [0.5, 0.6) is 0 Å². The minimum Gasteiger partial charge on any atom is -0.478 e. The second-order valence-electron chi connectivity index (χ2n) is 6.10. The molecule has 154 valence electrons. The van der Waals surface area contributed by atoms with E-state index in [1.54, 1.807) is 12.1 Å². The SMILES string of the molecule is C=CCNC(=O)c1cccc(-c2ccc(C(=O)O)c(C(=O)O)c2)c1C(=O)NCC=C. The Bertz CT molecular complexity index is 1040. The van der Waals surface area contributed by atoms with Crippen molar-refractivity contribution in [1.29, 1.82) is 0 Å². The van der Waals surface area contributed by atoms with Crippen LogP contribution in [0.3, 0.4) is 0 Å². The van der Waals surface area contributed by atoms with Gasteiger partial charge < -0.3 is 20.8 Å². The minimum absolute atomic E-state index is 0.0281. The van der Waals surface area contributed by atoms with Gasteiger partial charge >= 0.3 is 11.9 Å². The Kier molecular flexibility index (Phi) is 7.24. The Labute approximate surface area is 172 Å². The van der Waals surface area contributed by atoms with Crippen molar-refractivity contribution in [3.8, 4) is 11.1 Å². The summed E-state index contributed by atoms with van der Waals surface area (Å²) in [5, 5.41) is 23.8. The lowest BCUT2D eigenvalue weighted by atomic mass is 9.92. The molecule has 2 rings (SSSR count). The summed E-state index contributed by atoms with van der Waals surface area (Å²) in [5.41, 5.74) is -0.153. The molecule has 0 saturated carbocycles. The maximum absolute atomic E-state index is 12.8. The highest BCUT2D eigenvalue weighted by Crippen LogP contribution is 2.29. The van der Waals surface area contributed by atoms with Crippen molar-refractivity contribution in [3.63, 3.8) is 0 Å². The van der Waals surface area contributed by atoms with Crippen molar-refractivity contribution < 1.29 is 29.4 Å². The molecule has 0 saturated heterocycles. The van der Waals surface area contributed by atoms with Crippen molar-refractivity contribution >= 4 is 23.8 Å². The van der Waals surface area contributed by atoms with Crippen molar-refractivity contribution in [3.05, 3.63) is 84.0 Å². The fourth-order valence-corrected chi connectivity index (χ4v) is 2.82. The van der Waals surface area contributed by atoms with Crippen LogP contribution in [0.4, 0.5) is 0 Å². The lowest BCUT2D eigenvalue weighted by Crippen LogP contribution is -2.30. The molecule has 0 spiro atoms. The van der Waals surface area contributed by atoms with Gasteiger partial charge in [-0.2, -0.15) is 0 Å². The molecule has 2 amide bonds. The van der Waals surface area contributed by atoms with Crippen LogP contribution in [0, 0.1) is 0 Å². The summed E-state index contributed by atoms with van der Waals surface area (Å²) in [4.78, 5) is 48.2. The zero-order valence-corrected chi connectivity index (χ0v) is 16.0. The smallest absolute Gasteiger partial charge is 0.336 e. The highest BCUT2D eigenvalue weighted by Gasteiger charge is 2.23. The van der Waals surface area contributed by atoms with Crippen molar-refractivity contribution in [2.24, 2.45) is 0 Å². The number of carbonyl (C=O) groups excluding carboxylic acids is 2. The van der Waals surface area contributed by atoms with Crippen LogP contribution >= 0.6 is 0 Å². The highest BCUT2D eigenvalue weighted by atomic mass is 16.4. The lowest BCUT2D eigenvalue weighted by Gasteiger charge is -2.15. The van der Waals surface area contributed by atoms with E-state index in [0.29, 0.717) is 0 Å². The molecule has 2 aromatic carbocycles. The summed E-state index contributed by atoms with van der Waals surface area (Å²) in [6.07, 6.45) is 2.96. The molecule has 0 radical (unpaired) electrons. The van der Waals surface area contributed by atoms with Crippen LogP contribution in [-0.4, -0.2) is 47.1 Å². The standard InChI is InChI=1S/C22H20N2O6/c1-3-10-23-19(25)16-7-5-6-14(18(16)20(26)24-11-4-2)13-8-9-15(21(27)28)17(12-13)22(29)30/h3-9,12H,1-2,10-11H2,(H,23,25)(H,24,26)(H,27,28)(H,29,30). The maximum atomic E-state index is 12.8. The third-order valence-corrected chi connectivity index (χ3v) is 4.14. The van der Waals surface area contributed by atoms with Crippen molar-refractivity contribution in [1.82, 2.24) is 10.6 Å². The van der Waals surface area contributed by atoms with E-state index < -0.39 is 29.3 Å². The summed E-state index contributed by atoms with van der Waals surface area (Å²) in [6.45, 7) is 7.41. The fourth-order valence-electron chi connectivity index (χ4n) is 2.82. The molecule has 0 fully saturated rings. The number of benzene rings is 2. The van der Waals surface area contributed by atoms with E-state index in [1.807, 2.05) is 0 Å². The van der Waals surface area contributed by atoms with Gasteiger partial charge in [-0.25, -0.2) is 9.59 Å². The molecule has 0 aliphatic rings. The van der Waals surface area contributed by atoms with Gasteiger partial charge in [-0.3, -0.25) is 9.59 Å². The average Bonchev–Trinajstić information content (AvgIpc) is 2.74. The third kappa shape index (κ3) is 4.79. The first kappa shape index (κ1) is 22.1. The number of aromatic carboxylic acids is 2. The molecular formula is C22H20N2O6. The first-order valence-corrected chi connectivity index (χ1v) is 8.84. The predicted octanol–water partition coefficient (Wildman–Crippen LogP) is 2.58. The molecule has 0 unspecified atom stereocenters. The molecular weight excluding hydrogens is 388 g/mol. The monoisotopic (exact) mass is 408 g/mol. The number of hydrogen-bond donors (Lipinski definition) is 4. The molecule has 30 heavy (non-hydrogen) atoms. The zero-order valence-electron chi connectivity index (χ0n) is 16.0. The largest absolute Gasteiger partial charge is 0.478 e. The van der Waals surface area contributed by atoms with Crippen LogP contribution in [0.2, 0.25) is 0 Å². The molecule has 4 N–H and O–H groups in total. The number of carboxylic acids is 2. The summed E-state index contributed by atoms with van der Waals surface area (Å²) in [6, 6.07) is 8.27. The molecule has 2 aromatic rings. The van der Waals surface area contributed by atoms with Gasteiger partial charge in [0.15, 0.2) is 0 Å². The van der Waals surface area contributed by atoms with Gasteiger partial charge in [-0.05, 0) is 29.3 Å².